The maximum Gasteiger partial charge on any atom is 0.314 e. The Morgan fingerprint density at radius 3 is 1.40 bits per heavy atom. The number of likely N-dealkylation sites (tertiary alicyclic amines) is 1. The van der Waals surface area contributed by atoms with Gasteiger partial charge in [0.15, 0.2) is 0 Å². The van der Waals surface area contributed by atoms with Crippen molar-refractivity contribution in [1.82, 2.24) is 30.6 Å². The van der Waals surface area contributed by atoms with Crippen LogP contribution < -0.4 is 13.9 Å². The second-order valence-electron chi connectivity index (χ2n) is 17.5. The predicted molar refractivity (Wildman–Crippen MR) is 267 cm³/mol. The van der Waals surface area contributed by atoms with Gasteiger partial charge in [-0.05, 0) is 149 Å². The molecule has 14 nitrogen and oxygen atoms in total. The molecule has 24 heteroatoms. The molecule has 0 spiro atoms. The Hall–Kier alpha value is -4.90. The minimum absolute atomic E-state index is 0. The first-order chi connectivity index (χ1) is 34.0. The van der Waals surface area contributed by atoms with Crippen LogP contribution in [0.2, 0.25) is 10.0 Å². The number of piperidine rings is 2. The van der Waals surface area contributed by atoms with E-state index in [-0.39, 0.29) is 37.3 Å². The average Bonchev–Trinajstić information content (AvgIpc) is 4.09. The smallest absolute Gasteiger partial charge is 0.314 e. The highest BCUT2D eigenvalue weighted by molar-refractivity contribution is 7.93. The van der Waals surface area contributed by atoms with E-state index in [1.54, 1.807) is 97.1 Å². The first-order valence-corrected chi connectivity index (χ1v) is 26.9. The molecule has 1 saturated carbocycles. The quantitative estimate of drug-likeness (QED) is 0.0968. The highest BCUT2D eigenvalue weighted by Crippen LogP contribution is 2.34. The Morgan fingerprint density at radius 1 is 0.597 bits per heavy atom. The lowest BCUT2D eigenvalue weighted by Gasteiger charge is -2.40. The zero-order chi connectivity index (χ0) is 50.3. The van der Waals surface area contributed by atoms with E-state index in [1.165, 1.54) is 8.61 Å². The minimum atomic E-state index is -3.76. The van der Waals surface area contributed by atoms with Crippen molar-refractivity contribution < 1.29 is 47.6 Å². The number of rotatable bonds is 15. The molecule has 0 radical (unpaired) electrons. The average molecular weight is 1100 g/mol. The van der Waals surface area contributed by atoms with Gasteiger partial charge in [0.25, 0.3) is 11.8 Å². The van der Waals surface area contributed by atoms with E-state index >= 15 is 0 Å². The summed E-state index contributed by atoms with van der Waals surface area (Å²) < 4.78 is 132. The van der Waals surface area contributed by atoms with Crippen LogP contribution in [-0.2, 0) is 33.1 Å². The maximum atomic E-state index is 14.0. The van der Waals surface area contributed by atoms with E-state index in [4.69, 9.17) is 32.0 Å². The molecule has 6 aromatic rings. The molecule has 3 fully saturated rings. The number of anilines is 2. The van der Waals surface area contributed by atoms with Crippen molar-refractivity contribution in [1.29, 1.82) is 0 Å². The molecule has 4 heterocycles. The number of halogens is 8. The third-order valence-corrected chi connectivity index (χ3v) is 17.9. The summed E-state index contributed by atoms with van der Waals surface area (Å²) in [6.07, 6.45) is -1.60. The number of nitrogens with zero attached hydrogens (tertiary/aromatic N) is 7. The summed E-state index contributed by atoms with van der Waals surface area (Å²) in [6, 6.07) is 27.1. The van der Waals surface area contributed by atoms with Crippen LogP contribution in [0.1, 0.15) is 87.1 Å². The molecule has 2 saturated heterocycles. The van der Waals surface area contributed by atoms with E-state index in [9.17, 15) is 38.8 Å². The number of sulfonamides is 2. The molecule has 72 heavy (non-hydrogen) atoms. The summed E-state index contributed by atoms with van der Waals surface area (Å²) in [5.74, 6) is -1.57. The highest BCUT2D eigenvalue weighted by atomic mass is 35.5. The van der Waals surface area contributed by atoms with Gasteiger partial charge in [0.05, 0.1) is 35.0 Å². The van der Waals surface area contributed by atoms with E-state index in [0.29, 0.717) is 114 Å². The van der Waals surface area contributed by atoms with Crippen LogP contribution in [-0.4, -0.2) is 91.0 Å². The van der Waals surface area contributed by atoms with Gasteiger partial charge in [-0.3, -0.25) is 8.61 Å². The number of benzene rings is 4. The van der Waals surface area contributed by atoms with Gasteiger partial charge in [-0.25, -0.2) is 21.2 Å². The molecule has 9 rings (SSSR count). The molecular formula is C48H52Cl3F5N8O6S2. The van der Waals surface area contributed by atoms with Gasteiger partial charge in [0.1, 0.15) is 6.17 Å². The number of hydrogen-bond acceptors (Lipinski definition) is 12. The topological polar surface area (TPSA) is 168 Å². The van der Waals surface area contributed by atoms with E-state index in [0.717, 1.165) is 12.8 Å². The molecule has 1 N–H and O–H groups in total. The van der Waals surface area contributed by atoms with Gasteiger partial charge in [0.2, 0.25) is 31.8 Å². The fourth-order valence-corrected chi connectivity index (χ4v) is 13.2. The summed E-state index contributed by atoms with van der Waals surface area (Å²) in [4.78, 5) is 2.32. The highest BCUT2D eigenvalue weighted by Gasteiger charge is 2.38. The van der Waals surface area contributed by atoms with Crippen LogP contribution in [0.5, 0.6) is 0 Å². The molecule has 0 atom stereocenters. The molecule has 2 aromatic heterocycles. The zero-order valence-corrected chi connectivity index (χ0v) is 42.5. The van der Waals surface area contributed by atoms with Gasteiger partial charge >= 0.3 is 12.9 Å². The van der Waals surface area contributed by atoms with Crippen molar-refractivity contribution in [3.8, 4) is 22.9 Å². The largest absolute Gasteiger partial charge is 0.415 e. The molecule has 0 unspecified atom stereocenters. The molecule has 0 amide bonds. The van der Waals surface area contributed by atoms with Crippen molar-refractivity contribution in [3.63, 3.8) is 0 Å². The van der Waals surface area contributed by atoms with Crippen LogP contribution in [0.25, 0.3) is 22.9 Å². The second kappa shape index (κ2) is 24.4. The molecule has 1 aliphatic carbocycles. The van der Waals surface area contributed by atoms with E-state index in [1.807, 2.05) is 0 Å². The monoisotopic (exact) mass is 1100 g/mol. The van der Waals surface area contributed by atoms with Gasteiger partial charge in [-0.15, -0.1) is 32.8 Å². The van der Waals surface area contributed by atoms with Crippen LogP contribution in [0.15, 0.2) is 106 Å². The Morgan fingerprint density at radius 2 is 1.01 bits per heavy atom. The van der Waals surface area contributed by atoms with Crippen molar-refractivity contribution in [2.75, 3.05) is 34.8 Å². The van der Waals surface area contributed by atoms with Crippen LogP contribution in [0.3, 0.4) is 0 Å². The third kappa shape index (κ3) is 13.4. The number of hydrogen-bond donors (Lipinski definition) is 1. The van der Waals surface area contributed by atoms with Crippen LogP contribution >= 0.6 is 35.6 Å². The van der Waals surface area contributed by atoms with Crippen molar-refractivity contribution in [2.45, 2.75) is 100 Å². The fourth-order valence-electron chi connectivity index (χ4n) is 9.03. The summed E-state index contributed by atoms with van der Waals surface area (Å²) >= 11 is 12.4. The van der Waals surface area contributed by atoms with E-state index < -0.39 is 61.4 Å². The first kappa shape index (κ1) is 54.9. The standard InChI is InChI=1S/C27H30ClF3N4O3S.C21H21ClF2N4O3S.ClH/c28-20-2-1-3-23(16-20)35(17-18-4-6-19(7-5-18)26-32-33-27(38-26)25(30)31)39(36,37)24-12-14-34(15-13-24)22-10-8-21(29)9-11-22;22-16-2-1-3-17(12-16)28(32(29,30)18-8-10-25-11-9-18)13-14-4-6-15(7-5-14)20-26-27-21(31-20)19(23)24;/h1-7,16,21-22,24-25H,8-15,17H2;1-7,12,18-19,25H,8-11,13H2;1H. The Labute approximate surface area is 430 Å². The summed E-state index contributed by atoms with van der Waals surface area (Å²) in [7, 11) is -7.41. The minimum Gasteiger partial charge on any atom is -0.415 e. The predicted octanol–water partition coefficient (Wildman–Crippen LogP) is 11.2. The third-order valence-electron chi connectivity index (χ3n) is 12.9. The van der Waals surface area contributed by atoms with Crippen molar-refractivity contribution in [2.24, 2.45) is 0 Å². The molecule has 3 aliphatic rings. The number of nitrogens with one attached hydrogen (secondary N) is 1. The molecule has 2 aliphatic heterocycles. The number of aromatic nitrogens is 4. The van der Waals surface area contributed by atoms with Crippen molar-refractivity contribution in [3.05, 3.63) is 130 Å². The summed E-state index contributed by atoms with van der Waals surface area (Å²) in [6.45, 7) is 2.77. The molecule has 4 aromatic carbocycles. The van der Waals surface area contributed by atoms with Gasteiger partial charge in [-0.1, -0.05) is 59.6 Å². The SMILES string of the molecule is Cl.O=S(=O)(C1CCN(C2CCC(F)CC2)CC1)N(Cc1ccc(-c2nnc(C(F)F)o2)cc1)c1cccc(Cl)c1.O=S(=O)(C1CCNCC1)N(Cc1ccc(-c2nnc(C(F)F)o2)cc1)c1cccc(Cl)c1. The lowest BCUT2D eigenvalue weighted by atomic mass is 9.91. The van der Waals surface area contributed by atoms with Crippen LogP contribution in [0, 0.1) is 0 Å². The van der Waals surface area contributed by atoms with Gasteiger partial charge in [0, 0.05) is 27.2 Å². The Bertz CT molecular complexity index is 2920. The molecular weight excluding hydrogens is 1050 g/mol. The zero-order valence-electron chi connectivity index (χ0n) is 38.6. The Balaban J connectivity index is 0.000000212. The van der Waals surface area contributed by atoms with Crippen molar-refractivity contribution >= 4 is 67.0 Å². The van der Waals surface area contributed by atoms with E-state index in [2.05, 4.69) is 30.6 Å². The summed E-state index contributed by atoms with van der Waals surface area (Å²) in [5.41, 5.74) is 3.26. The van der Waals surface area contributed by atoms with Crippen LogP contribution in [0.4, 0.5) is 33.3 Å². The lowest BCUT2D eigenvalue weighted by Crippen LogP contribution is -2.49. The number of alkyl halides is 5. The fraction of sp³-hybridized carbons (Fsp3) is 0.417. The molecule has 0 bridgehead atoms. The first-order valence-electron chi connectivity index (χ1n) is 23.1. The second-order valence-corrected chi connectivity index (χ2v) is 22.7. The van der Waals surface area contributed by atoms with Gasteiger partial charge < -0.3 is 19.1 Å². The summed E-state index contributed by atoms with van der Waals surface area (Å²) in [5, 5.41) is 17.0. The van der Waals surface area contributed by atoms with Gasteiger partial charge in [-0.2, -0.15) is 17.6 Å². The molecule has 388 valence electrons. The lowest BCUT2D eigenvalue weighted by molar-refractivity contribution is 0.103. The normalized spacial score (nSPS) is 18.3. The Kier molecular flexibility index (Phi) is 18.6. The maximum absolute atomic E-state index is 14.0.